The third-order valence-corrected chi connectivity index (χ3v) is 8.32. The normalized spacial score (nSPS) is 15.5. The highest BCUT2D eigenvalue weighted by molar-refractivity contribution is 7.93. The van der Waals surface area contributed by atoms with E-state index >= 15 is 0 Å². The maximum Gasteiger partial charge on any atom is 0.265 e. The average molecular weight is 468 g/mol. The van der Waals surface area contributed by atoms with Crippen LogP contribution in [0.2, 0.25) is 0 Å². The number of hydrogen-bond acceptors (Lipinski definition) is 7. The second-order valence-corrected chi connectivity index (χ2v) is 9.97. The zero-order valence-corrected chi connectivity index (χ0v) is 19.1. The highest BCUT2D eigenvalue weighted by Gasteiger charge is 2.52. The minimum Gasteiger partial charge on any atom is -0.481 e. The molecule has 0 saturated carbocycles. The lowest BCUT2D eigenvalue weighted by molar-refractivity contribution is -0.133. The molecule has 8 nitrogen and oxygen atoms in total. The van der Waals surface area contributed by atoms with Crippen LogP contribution in [0.25, 0.3) is 0 Å². The molecule has 0 aromatic heterocycles. The van der Waals surface area contributed by atoms with Crippen LogP contribution in [-0.2, 0) is 21.2 Å². The van der Waals surface area contributed by atoms with Crippen LogP contribution in [0.15, 0.2) is 53.4 Å². The number of hydrogen-bond donors (Lipinski definition) is 2. The molecule has 33 heavy (non-hydrogen) atoms. The number of sulfone groups is 1. The highest BCUT2D eigenvalue weighted by Crippen LogP contribution is 2.36. The number of hydroxylamine groups is 1. The topological polar surface area (TPSA) is 120 Å². The van der Waals surface area contributed by atoms with E-state index in [1.807, 2.05) is 17.0 Å². The standard InChI is InChI=1S/C24H25N3O5S/c1-2-3-16-32-21-8-10-22(11-9-21)33(30,31)24(23(28)26-29)12-14-27(15-13-24)18-20-6-4-19(17-25)5-7-20/h4-11,29H,12-16,18H2,1H3,(H,26,28). The summed E-state index contributed by atoms with van der Waals surface area (Å²) >= 11 is 0. The van der Waals surface area contributed by atoms with E-state index in [1.165, 1.54) is 24.3 Å². The molecule has 2 aromatic rings. The number of nitriles is 1. The van der Waals surface area contributed by atoms with Gasteiger partial charge in [0.15, 0.2) is 14.6 Å². The Morgan fingerprint density at radius 2 is 1.79 bits per heavy atom. The summed E-state index contributed by atoms with van der Waals surface area (Å²) in [5.74, 6) is 5.00. The number of ether oxygens (including phenoxy) is 1. The van der Waals surface area contributed by atoms with E-state index in [0.717, 1.165) is 5.56 Å². The van der Waals surface area contributed by atoms with Gasteiger partial charge in [0.1, 0.15) is 12.4 Å². The minimum atomic E-state index is -4.10. The van der Waals surface area contributed by atoms with Gasteiger partial charge in [0.2, 0.25) is 0 Å². The minimum absolute atomic E-state index is 0.0134. The molecule has 2 N–H and O–H groups in total. The molecule has 1 fully saturated rings. The van der Waals surface area contributed by atoms with Gasteiger partial charge < -0.3 is 4.74 Å². The summed E-state index contributed by atoms with van der Waals surface area (Å²) in [6.07, 6.45) is 0.0602. The Hall–Kier alpha value is -3.37. The van der Waals surface area contributed by atoms with E-state index in [9.17, 15) is 18.4 Å². The number of nitrogens with one attached hydrogen (secondary N) is 1. The van der Waals surface area contributed by atoms with Gasteiger partial charge in [-0.25, -0.2) is 13.9 Å². The summed E-state index contributed by atoms with van der Waals surface area (Å²) in [6, 6.07) is 15.1. The third-order valence-electron chi connectivity index (χ3n) is 5.80. The smallest absolute Gasteiger partial charge is 0.265 e. The molecule has 0 atom stereocenters. The van der Waals surface area contributed by atoms with Crippen molar-refractivity contribution >= 4 is 15.7 Å². The molecule has 0 radical (unpaired) electrons. The van der Waals surface area contributed by atoms with Crippen molar-refractivity contribution in [2.45, 2.75) is 36.0 Å². The first-order chi connectivity index (χ1) is 15.9. The number of benzene rings is 2. The predicted octanol–water partition coefficient (Wildman–Crippen LogP) is 2.27. The van der Waals surface area contributed by atoms with Crippen molar-refractivity contribution in [3.63, 3.8) is 0 Å². The molecular weight excluding hydrogens is 442 g/mol. The average Bonchev–Trinajstić information content (AvgIpc) is 2.85. The lowest BCUT2D eigenvalue weighted by Gasteiger charge is -2.39. The van der Waals surface area contributed by atoms with E-state index in [2.05, 4.69) is 17.9 Å². The van der Waals surface area contributed by atoms with Gasteiger partial charge in [-0.1, -0.05) is 18.1 Å². The number of likely N-dealkylation sites (tertiary alicyclic amines) is 1. The van der Waals surface area contributed by atoms with Crippen LogP contribution >= 0.6 is 0 Å². The van der Waals surface area contributed by atoms with Crippen LogP contribution in [0.1, 0.15) is 30.9 Å². The molecule has 2 aromatic carbocycles. The fraction of sp³-hybridized carbons (Fsp3) is 0.333. The van der Waals surface area contributed by atoms with E-state index in [4.69, 9.17) is 10.00 Å². The lowest BCUT2D eigenvalue weighted by Crippen LogP contribution is -2.57. The monoisotopic (exact) mass is 467 g/mol. The molecule has 1 heterocycles. The van der Waals surface area contributed by atoms with Gasteiger partial charge in [0.05, 0.1) is 16.5 Å². The molecule has 0 aliphatic carbocycles. The largest absolute Gasteiger partial charge is 0.481 e. The van der Waals surface area contributed by atoms with Crippen LogP contribution in [0, 0.1) is 23.2 Å². The fourth-order valence-corrected chi connectivity index (χ4v) is 5.82. The first-order valence-corrected chi connectivity index (χ1v) is 11.9. The first kappa shape index (κ1) is 24.3. The Morgan fingerprint density at radius 3 is 2.33 bits per heavy atom. The van der Waals surface area contributed by atoms with E-state index in [1.54, 1.807) is 24.5 Å². The van der Waals surface area contributed by atoms with Crippen molar-refractivity contribution in [2.24, 2.45) is 0 Å². The maximum atomic E-state index is 13.5. The molecule has 0 unspecified atom stereocenters. The number of carbonyl (C=O) groups is 1. The van der Waals surface area contributed by atoms with Gasteiger partial charge in [0, 0.05) is 19.6 Å². The van der Waals surface area contributed by atoms with E-state index in [-0.39, 0.29) is 24.3 Å². The van der Waals surface area contributed by atoms with Crippen molar-refractivity contribution in [3.8, 4) is 23.7 Å². The van der Waals surface area contributed by atoms with Crippen LogP contribution in [-0.4, -0.2) is 48.9 Å². The fourth-order valence-electron chi connectivity index (χ4n) is 3.87. The number of nitrogens with zero attached hydrogens (tertiary/aromatic N) is 2. The quantitative estimate of drug-likeness (QED) is 0.364. The molecule has 0 bridgehead atoms. The highest BCUT2D eigenvalue weighted by atomic mass is 32.2. The van der Waals surface area contributed by atoms with Crippen LogP contribution in [0.5, 0.6) is 5.75 Å². The second-order valence-electron chi connectivity index (χ2n) is 7.71. The van der Waals surface area contributed by atoms with Crippen LogP contribution in [0.4, 0.5) is 0 Å². The Bertz CT molecular complexity index is 1180. The van der Waals surface area contributed by atoms with E-state index in [0.29, 0.717) is 30.9 Å². The molecule has 0 spiro atoms. The number of carbonyl (C=O) groups excluding carboxylic acids is 1. The summed E-state index contributed by atoms with van der Waals surface area (Å²) in [5, 5.41) is 18.3. The molecule has 1 saturated heterocycles. The first-order valence-electron chi connectivity index (χ1n) is 10.4. The summed E-state index contributed by atoms with van der Waals surface area (Å²) < 4.78 is 30.7. The number of rotatable bonds is 7. The van der Waals surface area contributed by atoms with Crippen molar-refractivity contribution < 1.29 is 23.2 Å². The SMILES string of the molecule is CC#CCOc1ccc(S(=O)(=O)C2(C(=O)NO)CCN(Cc3ccc(C#N)cc3)CC2)cc1. The van der Waals surface area contributed by atoms with E-state index < -0.39 is 20.5 Å². The van der Waals surface area contributed by atoms with Crippen molar-refractivity contribution in [1.29, 1.82) is 5.26 Å². The van der Waals surface area contributed by atoms with Crippen molar-refractivity contribution in [2.75, 3.05) is 19.7 Å². The predicted molar refractivity (Wildman–Crippen MR) is 121 cm³/mol. The maximum absolute atomic E-state index is 13.5. The molecular formula is C24H25N3O5S. The van der Waals surface area contributed by atoms with Gasteiger partial charge in [0.25, 0.3) is 5.91 Å². The van der Waals surface area contributed by atoms with Gasteiger partial charge >= 0.3 is 0 Å². The van der Waals surface area contributed by atoms with Gasteiger partial charge in [-0.2, -0.15) is 5.26 Å². The second kappa shape index (κ2) is 10.5. The van der Waals surface area contributed by atoms with Crippen molar-refractivity contribution in [3.05, 3.63) is 59.7 Å². The van der Waals surface area contributed by atoms with Gasteiger partial charge in [-0.3, -0.25) is 14.9 Å². The Labute approximate surface area is 193 Å². The van der Waals surface area contributed by atoms with Crippen LogP contribution < -0.4 is 10.2 Å². The molecule has 1 aliphatic rings. The zero-order chi connectivity index (χ0) is 23.9. The molecule has 172 valence electrons. The third kappa shape index (κ3) is 5.18. The van der Waals surface area contributed by atoms with Crippen LogP contribution in [0.3, 0.4) is 0 Å². The summed E-state index contributed by atoms with van der Waals surface area (Å²) in [4.78, 5) is 14.7. The number of amides is 1. The Balaban J connectivity index is 1.77. The molecule has 9 heteroatoms. The Morgan fingerprint density at radius 1 is 1.15 bits per heavy atom. The van der Waals surface area contributed by atoms with Gasteiger partial charge in [-0.05, 0) is 61.7 Å². The zero-order valence-electron chi connectivity index (χ0n) is 18.2. The summed E-state index contributed by atoms with van der Waals surface area (Å²) in [7, 11) is -4.10. The number of piperidine rings is 1. The molecule has 3 rings (SSSR count). The molecule has 1 aliphatic heterocycles. The summed E-state index contributed by atoms with van der Waals surface area (Å²) in [5.41, 5.74) is 3.12. The van der Waals surface area contributed by atoms with Gasteiger partial charge in [-0.15, -0.1) is 5.92 Å². The lowest BCUT2D eigenvalue weighted by atomic mass is 9.94. The molecule has 1 amide bonds. The Kier molecular flexibility index (Phi) is 7.72. The van der Waals surface area contributed by atoms with Crippen molar-refractivity contribution in [1.82, 2.24) is 10.4 Å². The summed E-state index contributed by atoms with van der Waals surface area (Å²) in [6.45, 7) is 3.15.